The minimum Gasteiger partial charge on any atom is -0.271 e. The molecule has 0 saturated carbocycles. The predicted octanol–water partition coefficient (Wildman–Crippen LogP) is 3.67. The summed E-state index contributed by atoms with van der Waals surface area (Å²) in [7, 11) is 0. The summed E-state index contributed by atoms with van der Waals surface area (Å²) in [6.45, 7) is 0. The van der Waals surface area contributed by atoms with Crippen LogP contribution in [0.3, 0.4) is 0 Å². The van der Waals surface area contributed by atoms with Gasteiger partial charge in [0.25, 0.3) is 0 Å². The topological polar surface area (TPSA) is 38.0 Å². The number of benzene rings is 1. The highest BCUT2D eigenvalue weighted by atomic mass is 35.5. The van der Waals surface area contributed by atoms with Crippen LogP contribution in [0.25, 0.3) is 0 Å². The number of hydrazine groups is 1. The molecular formula is C13H14Cl2N2S. The monoisotopic (exact) mass is 300 g/mol. The molecule has 2 rings (SSSR count). The first kappa shape index (κ1) is 13.8. The summed E-state index contributed by atoms with van der Waals surface area (Å²) >= 11 is 13.6. The number of rotatable bonds is 5. The van der Waals surface area contributed by atoms with Crippen LogP contribution < -0.4 is 11.3 Å². The van der Waals surface area contributed by atoms with E-state index in [-0.39, 0.29) is 6.04 Å². The van der Waals surface area contributed by atoms with Crippen molar-refractivity contribution in [3.63, 3.8) is 0 Å². The molecular weight excluding hydrogens is 287 g/mol. The first-order valence-electron chi connectivity index (χ1n) is 5.63. The van der Waals surface area contributed by atoms with Gasteiger partial charge in [-0.25, -0.2) is 0 Å². The molecule has 96 valence electrons. The van der Waals surface area contributed by atoms with Crippen LogP contribution in [0.2, 0.25) is 9.36 Å². The first-order valence-corrected chi connectivity index (χ1v) is 7.20. The van der Waals surface area contributed by atoms with Crippen molar-refractivity contribution < 1.29 is 0 Å². The molecule has 1 unspecified atom stereocenters. The van der Waals surface area contributed by atoms with Gasteiger partial charge in [-0.05, 0) is 36.6 Å². The van der Waals surface area contributed by atoms with Gasteiger partial charge < -0.3 is 0 Å². The van der Waals surface area contributed by atoms with Crippen molar-refractivity contribution in [1.82, 2.24) is 5.43 Å². The summed E-state index contributed by atoms with van der Waals surface area (Å²) in [5.74, 6) is 5.60. The zero-order valence-electron chi connectivity index (χ0n) is 9.70. The summed E-state index contributed by atoms with van der Waals surface area (Å²) < 4.78 is 0.804. The molecule has 0 bridgehead atoms. The molecule has 0 radical (unpaired) electrons. The summed E-state index contributed by atoms with van der Waals surface area (Å²) in [5.41, 5.74) is 3.94. The van der Waals surface area contributed by atoms with E-state index in [1.54, 1.807) is 11.3 Å². The van der Waals surface area contributed by atoms with Gasteiger partial charge in [-0.1, -0.05) is 41.4 Å². The molecule has 3 N–H and O–H groups in total. The molecule has 0 aliphatic carbocycles. The third-order valence-corrected chi connectivity index (χ3v) is 4.36. The van der Waals surface area contributed by atoms with Gasteiger partial charge in [0.05, 0.1) is 4.34 Å². The van der Waals surface area contributed by atoms with Crippen molar-refractivity contribution in [3.05, 3.63) is 56.2 Å². The maximum Gasteiger partial charge on any atom is 0.0931 e. The number of hydrogen-bond acceptors (Lipinski definition) is 3. The van der Waals surface area contributed by atoms with E-state index in [2.05, 4.69) is 5.43 Å². The Labute approximate surface area is 121 Å². The van der Waals surface area contributed by atoms with Gasteiger partial charge in [0.2, 0.25) is 0 Å². The second kappa shape index (κ2) is 6.55. The van der Waals surface area contributed by atoms with Gasteiger partial charge in [-0.15, -0.1) is 11.3 Å². The SMILES string of the molecule is NNC(Cc1ccc(Cl)s1)Cc1ccccc1Cl. The minimum atomic E-state index is 0.152. The number of hydrogen-bond donors (Lipinski definition) is 2. The lowest BCUT2D eigenvalue weighted by Gasteiger charge is -2.15. The Bertz CT molecular complexity index is 513. The van der Waals surface area contributed by atoms with Crippen LogP contribution in [-0.4, -0.2) is 6.04 Å². The van der Waals surface area contributed by atoms with Crippen LogP contribution in [-0.2, 0) is 12.8 Å². The third-order valence-electron chi connectivity index (χ3n) is 2.74. The van der Waals surface area contributed by atoms with E-state index in [1.165, 1.54) is 4.88 Å². The van der Waals surface area contributed by atoms with E-state index in [0.29, 0.717) is 0 Å². The normalized spacial score (nSPS) is 12.6. The van der Waals surface area contributed by atoms with Crippen molar-refractivity contribution in [3.8, 4) is 0 Å². The highest BCUT2D eigenvalue weighted by Gasteiger charge is 2.12. The van der Waals surface area contributed by atoms with Crippen molar-refractivity contribution >= 4 is 34.5 Å². The molecule has 18 heavy (non-hydrogen) atoms. The van der Waals surface area contributed by atoms with Crippen LogP contribution in [0.15, 0.2) is 36.4 Å². The van der Waals surface area contributed by atoms with Crippen LogP contribution in [0, 0.1) is 0 Å². The fourth-order valence-electron chi connectivity index (χ4n) is 1.82. The second-order valence-electron chi connectivity index (χ2n) is 4.07. The minimum absolute atomic E-state index is 0.152. The molecule has 2 nitrogen and oxygen atoms in total. The Kier molecular flexibility index (Phi) is 5.03. The third kappa shape index (κ3) is 3.70. The Morgan fingerprint density at radius 2 is 1.89 bits per heavy atom. The number of nitrogens with one attached hydrogen (secondary N) is 1. The summed E-state index contributed by atoms with van der Waals surface area (Å²) in [6.07, 6.45) is 1.64. The predicted molar refractivity (Wildman–Crippen MR) is 79.3 cm³/mol. The molecule has 1 aromatic carbocycles. The summed E-state index contributed by atoms with van der Waals surface area (Å²) in [4.78, 5) is 1.22. The maximum absolute atomic E-state index is 6.15. The lowest BCUT2D eigenvalue weighted by molar-refractivity contribution is 0.526. The molecule has 2 aromatic rings. The van der Waals surface area contributed by atoms with E-state index in [1.807, 2.05) is 36.4 Å². The lowest BCUT2D eigenvalue weighted by Crippen LogP contribution is -2.38. The number of halogens is 2. The van der Waals surface area contributed by atoms with Crippen LogP contribution in [0.5, 0.6) is 0 Å². The molecule has 0 amide bonds. The van der Waals surface area contributed by atoms with Crippen LogP contribution in [0.4, 0.5) is 0 Å². The standard InChI is InChI=1S/C13H14Cl2N2S/c14-12-4-2-1-3-9(12)7-10(17-16)8-11-5-6-13(15)18-11/h1-6,10,17H,7-8,16H2. The number of thiophene rings is 1. The molecule has 0 aliphatic heterocycles. The first-order chi connectivity index (χ1) is 8.69. The van der Waals surface area contributed by atoms with Gasteiger partial charge in [0, 0.05) is 15.9 Å². The van der Waals surface area contributed by atoms with E-state index < -0.39 is 0 Å². The Morgan fingerprint density at radius 1 is 1.11 bits per heavy atom. The lowest BCUT2D eigenvalue weighted by atomic mass is 10.0. The van der Waals surface area contributed by atoms with E-state index in [9.17, 15) is 0 Å². The smallest absolute Gasteiger partial charge is 0.0931 e. The summed E-state index contributed by atoms with van der Waals surface area (Å²) in [6, 6.07) is 11.9. The molecule has 0 aliphatic rings. The van der Waals surface area contributed by atoms with E-state index in [4.69, 9.17) is 29.0 Å². The molecule has 1 aromatic heterocycles. The summed E-state index contributed by atoms with van der Waals surface area (Å²) in [5, 5.41) is 0.780. The van der Waals surface area contributed by atoms with E-state index >= 15 is 0 Å². The Morgan fingerprint density at radius 3 is 2.50 bits per heavy atom. The van der Waals surface area contributed by atoms with Gasteiger partial charge >= 0.3 is 0 Å². The fourth-order valence-corrected chi connectivity index (χ4v) is 3.20. The molecule has 1 atom stereocenters. The van der Waals surface area contributed by atoms with Gasteiger partial charge in [-0.2, -0.15) is 0 Å². The van der Waals surface area contributed by atoms with E-state index in [0.717, 1.165) is 27.8 Å². The zero-order chi connectivity index (χ0) is 13.0. The largest absolute Gasteiger partial charge is 0.271 e. The van der Waals surface area contributed by atoms with Crippen LogP contribution in [0.1, 0.15) is 10.4 Å². The zero-order valence-corrected chi connectivity index (χ0v) is 12.0. The van der Waals surface area contributed by atoms with Crippen LogP contribution >= 0.6 is 34.5 Å². The Hall–Kier alpha value is -0.580. The van der Waals surface area contributed by atoms with Gasteiger partial charge in [0.1, 0.15) is 0 Å². The molecule has 1 heterocycles. The maximum atomic E-state index is 6.15. The van der Waals surface area contributed by atoms with Gasteiger partial charge in [0.15, 0.2) is 0 Å². The van der Waals surface area contributed by atoms with Gasteiger partial charge in [-0.3, -0.25) is 11.3 Å². The van der Waals surface area contributed by atoms with Crippen molar-refractivity contribution in [2.45, 2.75) is 18.9 Å². The molecule has 0 saturated heterocycles. The average molecular weight is 301 g/mol. The Balaban J connectivity index is 2.04. The molecule has 0 spiro atoms. The molecule has 0 fully saturated rings. The molecule has 5 heteroatoms. The quantitative estimate of drug-likeness (QED) is 0.653. The fraction of sp³-hybridized carbons (Fsp3) is 0.231. The number of nitrogens with two attached hydrogens (primary N) is 1. The van der Waals surface area contributed by atoms with Crippen molar-refractivity contribution in [2.75, 3.05) is 0 Å². The highest BCUT2D eigenvalue weighted by molar-refractivity contribution is 7.16. The average Bonchev–Trinajstić information content (AvgIpc) is 2.76. The second-order valence-corrected chi connectivity index (χ2v) is 6.28. The highest BCUT2D eigenvalue weighted by Crippen LogP contribution is 2.24. The van der Waals surface area contributed by atoms with Crippen molar-refractivity contribution in [1.29, 1.82) is 0 Å². The van der Waals surface area contributed by atoms with Crippen molar-refractivity contribution in [2.24, 2.45) is 5.84 Å².